The summed E-state index contributed by atoms with van der Waals surface area (Å²) in [6.07, 6.45) is 1.54. The molecule has 1 saturated heterocycles. The number of nitrogens with zero attached hydrogens (tertiary/aromatic N) is 2. The van der Waals surface area contributed by atoms with Crippen LogP contribution in [-0.4, -0.2) is 53.2 Å². The molecule has 7 nitrogen and oxygen atoms in total. The molecule has 3 aromatic rings. The fraction of sp³-hybridized carbons (Fsp3) is 0.304. The van der Waals surface area contributed by atoms with Crippen molar-refractivity contribution < 1.29 is 26.4 Å². The van der Waals surface area contributed by atoms with E-state index in [2.05, 4.69) is 14.5 Å². The summed E-state index contributed by atoms with van der Waals surface area (Å²) in [5, 5.41) is 0. The van der Waals surface area contributed by atoms with Gasteiger partial charge in [-0.05, 0) is 54.6 Å². The van der Waals surface area contributed by atoms with Crippen LogP contribution >= 0.6 is 0 Å². The first-order valence-corrected chi connectivity index (χ1v) is 12.0. The summed E-state index contributed by atoms with van der Waals surface area (Å²) >= 11 is 0. The van der Waals surface area contributed by atoms with Gasteiger partial charge in [-0.15, -0.1) is 0 Å². The third kappa shape index (κ3) is 5.35. The first kappa shape index (κ1) is 23.2. The van der Waals surface area contributed by atoms with Gasteiger partial charge in [0.15, 0.2) is 0 Å². The molecule has 1 atom stereocenters. The summed E-state index contributed by atoms with van der Waals surface area (Å²) in [4.78, 5) is 4.02. The van der Waals surface area contributed by atoms with Gasteiger partial charge in [-0.3, -0.25) is 4.90 Å². The number of rotatable bonds is 8. The average molecular weight is 478 g/mol. The molecule has 176 valence electrons. The third-order valence-corrected chi connectivity index (χ3v) is 7.15. The number of furan rings is 1. The first-order chi connectivity index (χ1) is 15.9. The number of sulfonamides is 1. The van der Waals surface area contributed by atoms with E-state index in [9.17, 15) is 17.2 Å². The summed E-state index contributed by atoms with van der Waals surface area (Å²) in [5.74, 6) is -0.265. The Morgan fingerprint density at radius 1 is 1.03 bits per heavy atom. The molecule has 0 spiro atoms. The first-order valence-electron chi connectivity index (χ1n) is 10.5. The number of methoxy groups -OCH3 is 1. The predicted molar refractivity (Wildman–Crippen MR) is 120 cm³/mol. The summed E-state index contributed by atoms with van der Waals surface area (Å²) in [5.41, 5.74) is 0.935. The highest BCUT2D eigenvalue weighted by Gasteiger charge is 2.29. The minimum atomic E-state index is -4.04. The minimum absolute atomic E-state index is 0.0338. The van der Waals surface area contributed by atoms with Crippen molar-refractivity contribution >= 4 is 15.7 Å². The second-order valence-electron chi connectivity index (χ2n) is 7.68. The summed E-state index contributed by atoms with van der Waals surface area (Å²) in [6.45, 7) is 2.70. The highest BCUT2D eigenvalue weighted by atomic mass is 32.2. The molecule has 1 aliphatic heterocycles. The van der Waals surface area contributed by atoms with Crippen LogP contribution in [0.2, 0.25) is 0 Å². The molecule has 0 amide bonds. The molecule has 2 aromatic carbocycles. The topological polar surface area (TPSA) is 75.0 Å². The summed E-state index contributed by atoms with van der Waals surface area (Å²) in [7, 11) is -2.71. The molecule has 1 aliphatic rings. The van der Waals surface area contributed by atoms with E-state index < -0.39 is 15.8 Å². The average Bonchev–Trinajstić information content (AvgIpc) is 3.35. The van der Waals surface area contributed by atoms with Gasteiger partial charge in [-0.1, -0.05) is 0 Å². The van der Waals surface area contributed by atoms with Crippen molar-refractivity contribution in [2.24, 2.45) is 0 Å². The molecule has 33 heavy (non-hydrogen) atoms. The second-order valence-corrected chi connectivity index (χ2v) is 9.41. The van der Waals surface area contributed by atoms with Crippen LogP contribution < -0.4 is 14.4 Å². The van der Waals surface area contributed by atoms with Crippen LogP contribution in [0.25, 0.3) is 0 Å². The van der Waals surface area contributed by atoms with Gasteiger partial charge in [0, 0.05) is 38.4 Å². The van der Waals surface area contributed by atoms with Gasteiger partial charge >= 0.3 is 0 Å². The molecule has 0 bridgehead atoms. The second kappa shape index (κ2) is 9.90. The third-order valence-electron chi connectivity index (χ3n) is 5.70. The minimum Gasteiger partial charge on any atom is -0.495 e. The Morgan fingerprint density at radius 2 is 1.73 bits per heavy atom. The molecule has 4 rings (SSSR count). The van der Waals surface area contributed by atoms with Crippen LogP contribution in [0.15, 0.2) is 70.2 Å². The van der Waals surface area contributed by atoms with Gasteiger partial charge < -0.3 is 14.1 Å². The number of hydrogen-bond donors (Lipinski definition) is 1. The van der Waals surface area contributed by atoms with E-state index in [1.54, 1.807) is 30.5 Å². The molecule has 0 aliphatic carbocycles. The van der Waals surface area contributed by atoms with Crippen LogP contribution in [0, 0.1) is 11.6 Å². The van der Waals surface area contributed by atoms with Gasteiger partial charge in [0.2, 0.25) is 10.0 Å². The van der Waals surface area contributed by atoms with Gasteiger partial charge in [-0.25, -0.2) is 21.9 Å². The Morgan fingerprint density at radius 3 is 2.36 bits per heavy atom. The smallest absolute Gasteiger partial charge is 0.244 e. The molecule has 1 aromatic heterocycles. The lowest BCUT2D eigenvalue weighted by atomic mass is 10.1. The Labute approximate surface area is 191 Å². The van der Waals surface area contributed by atoms with Crippen LogP contribution in [0.4, 0.5) is 14.5 Å². The van der Waals surface area contributed by atoms with Gasteiger partial charge in [0.25, 0.3) is 0 Å². The quantitative estimate of drug-likeness (QED) is 0.536. The lowest BCUT2D eigenvalue weighted by Crippen LogP contribution is -2.49. The number of hydrogen-bond acceptors (Lipinski definition) is 6. The summed E-state index contributed by atoms with van der Waals surface area (Å²) < 4.78 is 66.1. The lowest BCUT2D eigenvalue weighted by molar-refractivity contribution is 0.166. The van der Waals surface area contributed by atoms with Crippen LogP contribution in [0.1, 0.15) is 11.8 Å². The van der Waals surface area contributed by atoms with Crippen molar-refractivity contribution in [2.75, 3.05) is 44.7 Å². The molecule has 10 heteroatoms. The number of halogens is 2. The number of benzene rings is 2. The van der Waals surface area contributed by atoms with E-state index in [0.29, 0.717) is 31.9 Å². The van der Waals surface area contributed by atoms with Crippen molar-refractivity contribution in [3.05, 3.63) is 78.3 Å². The number of ether oxygens (including phenoxy) is 1. The highest BCUT2D eigenvalue weighted by molar-refractivity contribution is 7.89. The van der Waals surface area contributed by atoms with E-state index >= 15 is 0 Å². The molecular weight excluding hydrogens is 452 g/mol. The monoisotopic (exact) mass is 477 g/mol. The van der Waals surface area contributed by atoms with E-state index in [1.165, 1.54) is 25.3 Å². The molecule has 1 N–H and O–H groups in total. The fourth-order valence-corrected chi connectivity index (χ4v) is 5.18. The van der Waals surface area contributed by atoms with Crippen molar-refractivity contribution in [1.82, 2.24) is 9.62 Å². The van der Waals surface area contributed by atoms with Crippen molar-refractivity contribution in [3.8, 4) is 5.75 Å². The number of anilines is 1. The maximum absolute atomic E-state index is 13.7. The molecule has 0 radical (unpaired) electrons. The van der Waals surface area contributed by atoms with Gasteiger partial charge in [0.1, 0.15) is 28.0 Å². The molecule has 1 unspecified atom stereocenters. The SMILES string of the molecule is COc1ccc(F)cc1S(=O)(=O)NCC(c1ccco1)N1CCN(c2ccc(F)cc2)CC1. The fourth-order valence-electron chi connectivity index (χ4n) is 3.96. The van der Waals surface area contributed by atoms with Crippen LogP contribution in [0.3, 0.4) is 0 Å². The normalized spacial score (nSPS) is 16.0. The van der Waals surface area contributed by atoms with Gasteiger partial charge in [-0.2, -0.15) is 0 Å². The lowest BCUT2D eigenvalue weighted by Gasteiger charge is -2.39. The molecule has 1 fully saturated rings. The maximum atomic E-state index is 13.7. The number of piperazine rings is 1. The van der Waals surface area contributed by atoms with E-state index in [0.717, 1.165) is 17.8 Å². The molecule has 2 heterocycles. The van der Waals surface area contributed by atoms with Crippen LogP contribution in [0.5, 0.6) is 5.75 Å². The standard InChI is InChI=1S/C23H25F2N3O4S/c1-31-22-9-6-18(25)15-23(22)33(29,30)26-16-20(21-3-2-14-32-21)28-12-10-27(11-13-28)19-7-4-17(24)5-8-19/h2-9,14-15,20,26H,10-13,16H2,1H3. The maximum Gasteiger partial charge on any atom is 0.244 e. The van der Waals surface area contributed by atoms with Crippen LogP contribution in [-0.2, 0) is 10.0 Å². The Hall–Kier alpha value is -2.95. The largest absolute Gasteiger partial charge is 0.495 e. The highest BCUT2D eigenvalue weighted by Crippen LogP contribution is 2.27. The zero-order valence-corrected chi connectivity index (χ0v) is 18.9. The van der Waals surface area contributed by atoms with Crippen molar-refractivity contribution in [1.29, 1.82) is 0 Å². The van der Waals surface area contributed by atoms with E-state index in [1.807, 2.05) is 0 Å². The van der Waals surface area contributed by atoms with E-state index in [-0.39, 0.29) is 29.0 Å². The Balaban J connectivity index is 1.48. The summed E-state index contributed by atoms with van der Waals surface area (Å²) in [6, 6.07) is 12.9. The van der Waals surface area contributed by atoms with E-state index in [4.69, 9.17) is 9.15 Å². The van der Waals surface area contributed by atoms with Crippen molar-refractivity contribution in [2.45, 2.75) is 10.9 Å². The number of nitrogens with one attached hydrogen (secondary N) is 1. The Bertz CT molecular complexity index is 1160. The molecule has 0 saturated carbocycles. The predicted octanol–water partition coefficient (Wildman–Crippen LogP) is 3.41. The zero-order chi connectivity index (χ0) is 23.4. The van der Waals surface area contributed by atoms with Gasteiger partial charge in [0.05, 0.1) is 19.4 Å². The molecular formula is C23H25F2N3O4S. The van der Waals surface area contributed by atoms with Crippen molar-refractivity contribution in [3.63, 3.8) is 0 Å². The Kier molecular flexibility index (Phi) is 6.96. The zero-order valence-electron chi connectivity index (χ0n) is 18.1.